The van der Waals surface area contributed by atoms with Crippen LogP contribution in [-0.2, 0) is 0 Å². The molecule has 5 heteroatoms. The lowest BCUT2D eigenvalue weighted by Gasteiger charge is -2.24. The van der Waals surface area contributed by atoms with E-state index in [4.69, 9.17) is 11.6 Å². The highest BCUT2D eigenvalue weighted by molar-refractivity contribution is 9.10. The highest BCUT2D eigenvalue weighted by Crippen LogP contribution is 2.28. The van der Waals surface area contributed by atoms with E-state index in [1.54, 1.807) is 12.1 Å². The monoisotopic (exact) mass is 342 g/mol. The SMILES string of the molecule is O=C(c1cc(Cl)ccc1Br)N1CC2CCCNC2C1. The predicted molar refractivity (Wildman–Crippen MR) is 79.6 cm³/mol. The van der Waals surface area contributed by atoms with Crippen LogP contribution >= 0.6 is 27.5 Å². The number of benzene rings is 1. The number of piperidine rings is 1. The van der Waals surface area contributed by atoms with Gasteiger partial charge in [-0.2, -0.15) is 0 Å². The Morgan fingerprint density at radius 3 is 3.05 bits per heavy atom. The lowest BCUT2D eigenvalue weighted by atomic mass is 9.94. The van der Waals surface area contributed by atoms with Gasteiger partial charge in [0, 0.05) is 28.6 Å². The minimum absolute atomic E-state index is 0.0746. The summed E-state index contributed by atoms with van der Waals surface area (Å²) in [7, 11) is 0. The Kier molecular flexibility index (Phi) is 3.83. The molecule has 0 aromatic heterocycles. The van der Waals surface area contributed by atoms with Crippen molar-refractivity contribution in [3.8, 4) is 0 Å². The van der Waals surface area contributed by atoms with Gasteiger partial charge in [-0.05, 0) is 59.4 Å². The Balaban J connectivity index is 1.79. The molecule has 3 rings (SSSR count). The lowest BCUT2D eigenvalue weighted by Crippen LogP contribution is -2.41. The molecule has 2 heterocycles. The molecule has 2 atom stereocenters. The van der Waals surface area contributed by atoms with E-state index >= 15 is 0 Å². The summed E-state index contributed by atoms with van der Waals surface area (Å²) in [5, 5.41) is 4.11. The quantitative estimate of drug-likeness (QED) is 0.850. The standard InChI is InChI=1S/C14H16BrClN2O/c15-12-4-3-10(16)6-11(12)14(19)18-7-9-2-1-5-17-13(9)8-18/h3-4,6,9,13,17H,1-2,5,7-8H2. The van der Waals surface area contributed by atoms with Gasteiger partial charge in [-0.25, -0.2) is 0 Å². The number of hydrogen-bond donors (Lipinski definition) is 1. The Morgan fingerprint density at radius 2 is 2.26 bits per heavy atom. The van der Waals surface area contributed by atoms with E-state index in [1.807, 2.05) is 11.0 Å². The number of nitrogens with zero attached hydrogens (tertiary/aromatic N) is 1. The van der Waals surface area contributed by atoms with Crippen LogP contribution < -0.4 is 5.32 Å². The third-order valence-corrected chi connectivity index (χ3v) is 4.97. The van der Waals surface area contributed by atoms with Crippen molar-refractivity contribution in [1.82, 2.24) is 10.2 Å². The fourth-order valence-electron chi connectivity index (χ4n) is 3.04. The van der Waals surface area contributed by atoms with Crippen molar-refractivity contribution in [3.63, 3.8) is 0 Å². The Morgan fingerprint density at radius 1 is 1.42 bits per heavy atom. The summed E-state index contributed by atoms with van der Waals surface area (Å²) in [6.45, 7) is 2.74. The van der Waals surface area contributed by atoms with Crippen LogP contribution in [-0.4, -0.2) is 36.5 Å². The largest absolute Gasteiger partial charge is 0.337 e. The van der Waals surface area contributed by atoms with Crippen molar-refractivity contribution in [2.24, 2.45) is 5.92 Å². The van der Waals surface area contributed by atoms with Crippen LogP contribution in [0.5, 0.6) is 0 Å². The zero-order valence-electron chi connectivity index (χ0n) is 10.5. The minimum Gasteiger partial charge on any atom is -0.337 e. The lowest BCUT2D eigenvalue weighted by molar-refractivity contribution is 0.0784. The molecule has 3 nitrogen and oxygen atoms in total. The molecule has 0 bridgehead atoms. The summed E-state index contributed by atoms with van der Waals surface area (Å²) in [5.74, 6) is 0.682. The molecule has 2 unspecified atom stereocenters. The zero-order valence-corrected chi connectivity index (χ0v) is 12.9. The number of likely N-dealkylation sites (tertiary alicyclic amines) is 1. The molecule has 0 saturated carbocycles. The van der Waals surface area contributed by atoms with E-state index in [1.165, 1.54) is 12.8 Å². The Labute approximate surface area is 126 Å². The molecule has 1 N–H and O–H groups in total. The van der Waals surface area contributed by atoms with Gasteiger partial charge in [0.25, 0.3) is 5.91 Å². The average molecular weight is 344 g/mol. The Hall–Kier alpha value is -0.580. The summed E-state index contributed by atoms with van der Waals surface area (Å²) in [6.07, 6.45) is 2.43. The molecule has 2 fully saturated rings. The molecule has 2 saturated heterocycles. The first-order chi connectivity index (χ1) is 9.15. The zero-order chi connectivity index (χ0) is 13.4. The summed E-state index contributed by atoms with van der Waals surface area (Å²) < 4.78 is 0.810. The molecule has 2 aliphatic heterocycles. The first-order valence-corrected chi connectivity index (χ1v) is 7.80. The number of fused-ring (bicyclic) bond motifs is 1. The third-order valence-electron chi connectivity index (χ3n) is 4.05. The third kappa shape index (κ3) is 2.67. The van der Waals surface area contributed by atoms with Crippen LogP contribution in [0.25, 0.3) is 0 Å². The van der Waals surface area contributed by atoms with Crippen molar-refractivity contribution in [2.75, 3.05) is 19.6 Å². The minimum atomic E-state index is 0.0746. The van der Waals surface area contributed by atoms with E-state index in [0.717, 1.165) is 24.1 Å². The van der Waals surface area contributed by atoms with E-state index in [0.29, 0.717) is 22.5 Å². The number of hydrogen-bond acceptors (Lipinski definition) is 2. The molecule has 0 spiro atoms. The second kappa shape index (κ2) is 5.43. The van der Waals surface area contributed by atoms with Gasteiger partial charge in [-0.15, -0.1) is 0 Å². The van der Waals surface area contributed by atoms with Crippen molar-refractivity contribution in [3.05, 3.63) is 33.3 Å². The maximum absolute atomic E-state index is 12.6. The van der Waals surface area contributed by atoms with Gasteiger partial charge in [0.15, 0.2) is 0 Å². The Bertz CT molecular complexity index is 494. The predicted octanol–water partition coefficient (Wildman–Crippen LogP) is 2.93. The maximum Gasteiger partial charge on any atom is 0.255 e. The second-order valence-corrected chi connectivity index (χ2v) is 6.59. The number of amides is 1. The average Bonchev–Trinajstić information content (AvgIpc) is 2.84. The van der Waals surface area contributed by atoms with Crippen LogP contribution in [0.3, 0.4) is 0 Å². The van der Waals surface area contributed by atoms with E-state index in [9.17, 15) is 4.79 Å². The highest BCUT2D eigenvalue weighted by atomic mass is 79.9. The van der Waals surface area contributed by atoms with Crippen molar-refractivity contribution in [1.29, 1.82) is 0 Å². The van der Waals surface area contributed by atoms with Gasteiger partial charge in [-0.3, -0.25) is 4.79 Å². The molecule has 0 aliphatic carbocycles. The van der Waals surface area contributed by atoms with Crippen molar-refractivity contribution in [2.45, 2.75) is 18.9 Å². The molecule has 0 radical (unpaired) electrons. The molecular weight excluding hydrogens is 328 g/mol. The first-order valence-electron chi connectivity index (χ1n) is 6.63. The van der Waals surface area contributed by atoms with Gasteiger partial charge >= 0.3 is 0 Å². The van der Waals surface area contributed by atoms with E-state index < -0.39 is 0 Å². The fraction of sp³-hybridized carbons (Fsp3) is 0.500. The van der Waals surface area contributed by atoms with Gasteiger partial charge < -0.3 is 10.2 Å². The normalized spacial score (nSPS) is 26.3. The molecule has 2 aliphatic rings. The summed E-state index contributed by atoms with van der Waals surface area (Å²) in [4.78, 5) is 14.5. The van der Waals surface area contributed by atoms with E-state index in [-0.39, 0.29) is 5.91 Å². The maximum atomic E-state index is 12.6. The number of carbonyl (C=O) groups excluding carboxylic acids is 1. The van der Waals surface area contributed by atoms with E-state index in [2.05, 4.69) is 21.2 Å². The van der Waals surface area contributed by atoms with Crippen LogP contribution in [0, 0.1) is 5.92 Å². The molecule has 1 aromatic carbocycles. The summed E-state index contributed by atoms with van der Waals surface area (Å²) in [5.41, 5.74) is 0.658. The van der Waals surface area contributed by atoms with Crippen molar-refractivity contribution >= 4 is 33.4 Å². The number of nitrogens with one attached hydrogen (secondary N) is 1. The first kappa shape index (κ1) is 13.4. The number of halogens is 2. The topological polar surface area (TPSA) is 32.3 Å². The van der Waals surface area contributed by atoms with Gasteiger partial charge in [0.1, 0.15) is 0 Å². The summed E-state index contributed by atoms with van der Waals surface area (Å²) >= 11 is 9.42. The highest BCUT2D eigenvalue weighted by Gasteiger charge is 2.36. The molecule has 19 heavy (non-hydrogen) atoms. The molecule has 1 amide bonds. The smallest absolute Gasteiger partial charge is 0.255 e. The molecular formula is C14H16BrClN2O. The van der Waals surface area contributed by atoms with Crippen LogP contribution in [0.15, 0.2) is 22.7 Å². The second-order valence-electron chi connectivity index (χ2n) is 5.30. The van der Waals surface area contributed by atoms with Crippen LogP contribution in [0.2, 0.25) is 5.02 Å². The van der Waals surface area contributed by atoms with Crippen LogP contribution in [0.1, 0.15) is 23.2 Å². The molecule has 1 aromatic rings. The number of rotatable bonds is 1. The fourth-order valence-corrected chi connectivity index (χ4v) is 3.63. The van der Waals surface area contributed by atoms with Crippen molar-refractivity contribution < 1.29 is 4.79 Å². The van der Waals surface area contributed by atoms with Gasteiger partial charge in [0.2, 0.25) is 0 Å². The number of carbonyl (C=O) groups is 1. The van der Waals surface area contributed by atoms with Crippen LogP contribution in [0.4, 0.5) is 0 Å². The molecule has 102 valence electrons. The van der Waals surface area contributed by atoms with Gasteiger partial charge in [-0.1, -0.05) is 11.6 Å². The van der Waals surface area contributed by atoms with Gasteiger partial charge in [0.05, 0.1) is 5.56 Å². The summed E-state index contributed by atoms with van der Waals surface area (Å²) in [6, 6.07) is 5.82.